The van der Waals surface area contributed by atoms with Crippen LogP contribution >= 0.6 is 0 Å². The first-order valence-electron chi connectivity index (χ1n) is 10.6. The van der Waals surface area contributed by atoms with Crippen molar-refractivity contribution < 1.29 is 22.7 Å². The summed E-state index contributed by atoms with van der Waals surface area (Å²) in [6, 6.07) is 12.7. The fraction of sp³-hybridized carbons (Fsp3) is 0.435. The van der Waals surface area contributed by atoms with Crippen LogP contribution in [0.5, 0.6) is 11.5 Å². The number of amides is 1. The molecular weight excluding hydrogens is 430 g/mol. The van der Waals surface area contributed by atoms with Crippen LogP contribution in [0.15, 0.2) is 47.4 Å². The van der Waals surface area contributed by atoms with E-state index in [1.807, 2.05) is 12.1 Å². The maximum atomic E-state index is 12.6. The van der Waals surface area contributed by atoms with Crippen LogP contribution in [0.3, 0.4) is 0 Å². The number of ether oxygens (including phenoxy) is 2. The molecule has 0 radical (unpaired) electrons. The molecule has 0 atom stereocenters. The maximum absolute atomic E-state index is 12.6. The van der Waals surface area contributed by atoms with Gasteiger partial charge < -0.3 is 14.4 Å². The van der Waals surface area contributed by atoms with Gasteiger partial charge in [-0.2, -0.15) is 0 Å². The van der Waals surface area contributed by atoms with Crippen molar-refractivity contribution in [3.8, 4) is 11.5 Å². The number of hydrogen-bond acceptors (Lipinski definition) is 6. The predicted octanol–water partition coefficient (Wildman–Crippen LogP) is 2.03. The smallest absolute Gasteiger partial charge is 0.240 e. The molecular formula is C23H31N3O5S. The van der Waals surface area contributed by atoms with Gasteiger partial charge in [0, 0.05) is 51.8 Å². The number of hydrogen-bond donors (Lipinski definition) is 1. The molecule has 1 aliphatic rings. The summed E-state index contributed by atoms with van der Waals surface area (Å²) in [6.07, 6.45) is 0.115. The lowest BCUT2D eigenvalue weighted by molar-refractivity contribution is -0.132. The molecule has 1 saturated heterocycles. The van der Waals surface area contributed by atoms with Crippen LogP contribution in [-0.4, -0.2) is 71.1 Å². The van der Waals surface area contributed by atoms with Gasteiger partial charge in [-0.1, -0.05) is 24.3 Å². The number of carbonyl (C=O) groups is 1. The normalized spacial score (nSPS) is 14.9. The molecule has 1 heterocycles. The zero-order valence-corrected chi connectivity index (χ0v) is 19.7. The van der Waals surface area contributed by atoms with Gasteiger partial charge >= 0.3 is 0 Å². The van der Waals surface area contributed by atoms with Gasteiger partial charge in [0.15, 0.2) is 11.5 Å². The molecule has 0 saturated carbocycles. The van der Waals surface area contributed by atoms with Crippen LogP contribution in [0.25, 0.3) is 0 Å². The molecule has 0 spiro atoms. The summed E-state index contributed by atoms with van der Waals surface area (Å²) >= 11 is 0. The Bertz CT molecular complexity index is 1030. The Hall–Kier alpha value is -2.62. The topological polar surface area (TPSA) is 88.2 Å². The average Bonchev–Trinajstić information content (AvgIpc) is 2.80. The highest BCUT2D eigenvalue weighted by atomic mass is 32.2. The van der Waals surface area contributed by atoms with Crippen molar-refractivity contribution in [1.29, 1.82) is 0 Å². The first-order valence-corrected chi connectivity index (χ1v) is 12.1. The van der Waals surface area contributed by atoms with E-state index in [-0.39, 0.29) is 23.8 Å². The summed E-state index contributed by atoms with van der Waals surface area (Å²) in [5, 5.41) is 0. The summed E-state index contributed by atoms with van der Waals surface area (Å²) in [7, 11) is -0.826. The van der Waals surface area contributed by atoms with Crippen molar-refractivity contribution in [3.63, 3.8) is 0 Å². The molecule has 9 heteroatoms. The highest BCUT2D eigenvalue weighted by molar-refractivity contribution is 7.89. The van der Waals surface area contributed by atoms with Gasteiger partial charge in [0.2, 0.25) is 15.9 Å². The number of methoxy groups -OCH3 is 2. The van der Waals surface area contributed by atoms with E-state index in [1.165, 1.54) is 43.5 Å². The van der Waals surface area contributed by atoms with Gasteiger partial charge in [-0.3, -0.25) is 9.69 Å². The van der Waals surface area contributed by atoms with Gasteiger partial charge in [-0.05, 0) is 30.2 Å². The molecule has 0 aliphatic carbocycles. The van der Waals surface area contributed by atoms with Gasteiger partial charge in [-0.25, -0.2) is 13.1 Å². The molecule has 1 N–H and O–H groups in total. The summed E-state index contributed by atoms with van der Waals surface area (Å²) in [4.78, 5) is 16.8. The SMILES string of the molecule is COc1ccc(S(=O)(=O)NCCC(=O)N2CCN(Cc3ccccc3C)CC2)cc1OC. The third-order valence-corrected chi connectivity index (χ3v) is 7.14. The van der Waals surface area contributed by atoms with Crippen molar-refractivity contribution in [2.75, 3.05) is 46.9 Å². The van der Waals surface area contributed by atoms with Crippen LogP contribution in [0.4, 0.5) is 0 Å². The molecule has 0 bridgehead atoms. The van der Waals surface area contributed by atoms with Crippen LogP contribution in [0, 0.1) is 6.92 Å². The lowest BCUT2D eigenvalue weighted by atomic mass is 10.1. The second kappa shape index (κ2) is 10.8. The van der Waals surface area contributed by atoms with Gasteiger partial charge in [0.1, 0.15) is 0 Å². The zero-order chi connectivity index (χ0) is 23.1. The molecule has 0 aromatic heterocycles. The highest BCUT2D eigenvalue weighted by Crippen LogP contribution is 2.29. The first kappa shape index (κ1) is 24.0. The third-order valence-electron chi connectivity index (χ3n) is 5.68. The highest BCUT2D eigenvalue weighted by Gasteiger charge is 2.22. The Morgan fingerprint density at radius 2 is 1.69 bits per heavy atom. The summed E-state index contributed by atoms with van der Waals surface area (Å²) < 4.78 is 37.9. The molecule has 32 heavy (non-hydrogen) atoms. The van der Waals surface area contributed by atoms with Crippen LogP contribution in [0.1, 0.15) is 17.5 Å². The maximum Gasteiger partial charge on any atom is 0.240 e. The Labute approximate surface area is 190 Å². The molecule has 174 valence electrons. The summed E-state index contributed by atoms with van der Waals surface area (Å²) in [5.41, 5.74) is 2.57. The minimum Gasteiger partial charge on any atom is -0.493 e. The Kier molecular flexibility index (Phi) is 8.11. The van der Waals surface area contributed by atoms with Crippen molar-refractivity contribution in [2.45, 2.75) is 24.8 Å². The van der Waals surface area contributed by atoms with E-state index in [4.69, 9.17) is 9.47 Å². The summed E-state index contributed by atoms with van der Waals surface area (Å²) in [6.45, 7) is 5.92. The lowest BCUT2D eigenvalue weighted by Crippen LogP contribution is -2.48. The van der Waals surface area contributed by atoms with Crippen molar-refractivity contribution in [2.24, 2.45) is 0 Å². The van der Waals surface area contributed by atoms with Gasteiger partial charge in [-0.15, -0.1) is 0 Å². The van der Waals surface area contributed by atoms with Crippen LogP contribution in [0.2, 0.25) is 0 Å². The number of nitrogens with zero attached hydrogens (tertiary/aromatic N) is 2. The molecule has 1 amide bonds. The first-order chi connectivity index (χ1) is 15.3. The largest absolute Gasteiger partial charge is 0.493 e. The standard InChI is InChI=1S/C23H31N3O5S/c1-18-6-4-5-7-19(18)17-25-12-14-26(15-13-25)23(27)10-11-24-32(28,29)20-8-9-21(30-2)22(16-20)31-3/h4-9,16,24H,10-15,17H2,1-3H3. The minimum atomic E-state index is -3.76. The van der Waals surface area contributed by atoms with E-state index >= 15 is 0 Å². The molecule has 3 rings (SSSR count). The van der Waals surface area contributed by atoms with Crippen molar-refractivity contribution >= 4 is 15.9 Å². The number of piperazine rings is 1. The Morgan fingerprint density at radius 3 is 2.34 bits per heavy atom. The van der Waals surface area contributed by atoms with Gasteiger partial charge in [0.05, 0.1) is 19.1 Å². The lowest BCUT2D eigenvalue weighted by Gasteiger charge is -2.35. The van der Waals surface area contributed by atoms with Gasteiger partial charge in [0.25, 0.3) is 0 Å². The molecule has 1 fully saturated rings. The zero-order valence-electron chi connectivity index (χ0n) is 18.8. The van der Waals surface area contributed by atoms with E-state index in [2.05, 4.69) is 28.7 Å². The second-order valence-corrected chi connectivity index (χ2v) is 9.51. The van der Waals surface area contributed by atoms with Crippen LogP contribution in [-0.2, 0) is 21.4 Å². The second-order valence-electron chi connectivity index (χ2n) is 7.75. The number of nitrogens with one attached hydrogen (secondary N) is 1. The number of benzene rings is 2. The van der Waals surface area contributed by atoms with Crippen LogP contribution < -0.4 is 14.2 Å². The summed E-state index contributed by atoms with van der Waals surface area (Å²) in [5.74, 6) is 0.730. The van der Waals surface area contributed by atoms with E-state index in [9.17, 15) is 13.2 Å². The quantitative estimate of drug-likeness (QED) is 0.615. The van der Waals surface area contributed by atoms with Crippen molar-refractivity contribution in [1.82, 2.24) is 14.5 Å². The monoisotopic (exact) mass is 461 g/mol. The van der Waals surface area contributed by atoms with E-state index < -0.39 is 10.0 Å². The fourth-order valence-corrected chi connectivity index (χ4v) is 4.75. The van der Waals surface area contributed by atoms with Crippen molar-refractivity contribution in [3.05, 3.63) is 53.6 Å². The third kappa shape index (κ3) is 5.99. The minimum absolute atomic E-state index is 0.0406. The molecule has 0 unspecified atom stereocenters. The predicted molar refractivity (Wildman–Crippen MR) is 122 cm³/mol. The molecule has 1 aliphatic heterocycles. The molecule has 2 aromatic carbocycles. The number of sulfonamides is 1. The average molecular weight is 462 g/mol. The number of carbonyl (C=O) groups excluding carboxylic acids is 1. The Balaban J connectivity index is 1.46. The van der Waals surface area contributed by atoms with E-state index in [1.54, 1.807) is 4.90 Å². The fourth-order valence-electron chi connectivity index (χ4n) is 3.70. The molecule has 2 aromatic rings. The number of rotatable bonds is 9. The Morgan fingerprint density at radius 1 is 1.00 bits per heavy atom. The van der Waals surface area contributed by atoms with E-state index in [0.717, 1.165) is 19.6 Å². The van der Waals surface area contributed by atoms with E-state index in [0.29, 0.717) is 24.6 Å². The molecule has 8 nitrogen and oxygen atoms in total. The number of aryl methyl sites for hydroxylation is 1.